The molecule has 4 heteroatoms. The van der Waals surface area contributed by atoms with E-state index in [4.69, 9.17) is 11.5 Å². The molecule has 0 saturated heterocycles. The number of halogens is 2. The summed E-state index contributed by atoms with van der Waals surface area (Å²) in [7, 11) is 0. The van der Waals surface area contributed by atoms with Crippen molar-refractivity contribution in [3.8, 4) is 0 Å². The second-order valence-corrected chi connectivity index (χ2v) is 4.30. The van der Waals surface area contributed by atoms with Gasteiger partial charge in [0.1, 0.15) is 0 Å². The van der Waals surface area contributed by atoms with E-state index in [1.807, 2.05) is 24.3 Å². The maximum absolute atomic E-state index is 5.83. The maximum atomic E-state index is 5.83. The van der Waals surface area contributed by atoms with Gasteiger partial charge in [-0.15, -0.1) is 0 Å². The van der Waals surface area contributed by atoms with Crippen molar-refractivity contribution in [2.75, 3.05) is 12.3 Å². The summed E-state index contributed by atoms with van der Waals surface area (Å²) in [6.07, 6.45) is 3.77. The number of anilines is 1. The lowest BCUT2D eigenvalue weighted by Crippen LogP contribution is -1.94. The third-order valence-corrected chi connectivity index (χ3v) is 2.67. The molecular weight excluding hydrogens is 296 g/mol. The van der Waals surface area contributed by atoms with E-state index in [0.29, 0.717) is 6.54 Å². The lowest BCUT2D eigenvalue weighted by molar-refractivity contribution is 1.26. The number of hydrogen-bond donors (Lipinski definition) is 2. The van der Waals surface area contributed by atoms with Crippen LogP contribution in [0.2, 0.25) is 0 Å². The summed E-state index contributed by atoms with van der Waals surface area (Å²) in [4.78, 5) is 0. The van der Waals surface area contributed by atoms with Crippen LogP contribution in [0, 0.1) is 0 Å². The van der Waals surface area contributed by atoms with E-state index in [0.717, 1.165) is 20.2 Å². The predicted molar refractivity (Wildman–Crippen MR) is 64.3 cm³/mol. The first-order valence-electron chi connectivity index (χ1n) is 3.76. The molecule has 13 heavy (non-hydrogen) atoms. The maximum Gasteiger partial charge on any atom is 0.0532 e. The van der Waals surface area contributed by atoms with Gasteiger partial charge in [0.25, 0.3) is 0 Å². The molecule has 0 aliphatic heterocycles. The van der Waals surface area contributed by atoms with Gasteiger partial charge in [-0.2, -0.15) is 0 Å². The molecule has 2 nitrogen and oxygen atoms in total. The summed E-state index contributed by atoms with van der Waals surface area (Å²) in [5.41, 5.74) is 12.9. The Kier molecular flexibility index (Phi) is 3.96. The van der Waals surface area contributed by atoms with Crippen LogP contribution >= 0.6 is 31.9 Å². The van der Waals surface area contributed by atoms with E-state index >= 15 is 0 Å². The summed E-state index contributed by atoms with van der Waals surface area (Å²) in [6.45, 7) is 0.517. The Morgan fingerprint density at radius 1 is 1.31 bits per heavy atom. The molecule has 0 bridgehead atoms. The zero-order valence-electron chi connectivity index (χ0n) is 6.93. The Morgan fingerprint density at radius 3 is 2.62 bits per heavy atom. The standard InChI is InChI=1S/C9H10Br2N2/c10-7-4-6(2-1-3-12)9(13)8(11)5-7/h1-2,4-5H,3,12-13H2. The van der Waals surface area contributed by atoms with Crippen molar-refractivity contribution >= 4 is 43.6 Å². The van der Waals surface area contributed by atoms with Crippen molar-refractivity contribution in [1.82, 2.24) is 0 Å². The fourth-order valence-corrected chi connectivity index (χ4v) is 2.20. The summed E-state index contributed by atoms with van der Waals surface area (Å²) in [5.74, 6) is 0. The van der Waals surface area contributed by atoms with Crippen molar-refractivity contribution in [2.45, 2.75) is 0 Å². The summed E-state index contributed by atoms with van der Waals surface area (Å²) >= 11 is 6.76. The average molecular weight is 306 g/mol. The third-order valence-electron chi connectivity index (χ3n) is 1.56. The lowest BCUT2D eigenvalue weighted by Gasteiger charge is -2.03. The zero-order chi connectivity index (χ0) is 9.84. The van der Waals surface area contributed by atoms with E-state index < -0.39 is 0 Å². The Morgan fingerprint density at radius 2 is 2.00 bits per heavy atom. The smallest absolute Gasteiger partial charge is 0.0532 e. The number of benzene rings is 1. The van der Waals surface area contributed by atoms with Crippen LogP contribution in [-0.4, -0.2) is 6.54 Å². The quantitative estimate of drug-likeness (QED) is 0.826. The van der Waals surface area contributed by atoms with Crippen LogP contribution in [0.25, 0.3) is 6.08 Å². The van der Waals surface area contributed by atoms with E-state index in [-0.39, 0.29) is 0 Å². The molecule has 0 aliphatic carbocycles. The summed E-state index contributed by atoms with van der Waals surface area (Å²) < 4.78 is 1.88. The molecule has 1 aromatic carbocycles. The first-order chi connectivity index (χ1) is 6.15. The highest BCUT2D eigenvalue weighted by atomic mass is 79.9. The molecule has 0 unspecified atom stereocenters. The minimum atomic E-state index is 0.517. The molecule has 0 radical (unpaired) electrons. The average Bonchev–Trinajstić information content (AvgIpc) is 2.09. The Hall–Kier alpha value is -0.320. The molecule has 0 saturated carbocycles. The van der Waals surface area contributed by atoms with Gasteiger partial charge in [0, 0.05) is 15.5 Å². The minimum Gasteiger partial charge on any atom is -0.397 e. The number of nitrogen functional groups attached to an aromatic ring is 1. The lowest BCUT2D eigenvalue weighted by atomic mass is 10.1. The van der Waals surface area contributed by atoms with Crippen molar-refractivity contribution < 1.29 is 0 Å². The van der Waals surface area contributed by atoms with Gasteiger partial charge >= 0.3 is 0 Å². The number of hydrogen-bond acceptors (Lipinski definition) is 2. The van der Waals surface area contributed by atoms with Gasteiger partial charge in [0.2, 0.25) is 0 Å². The van der Waals surface area contributed by atoms with Gasteiger partial charge < -0.3 is 11.5 Å². The predicted octanol–water partition coefficient (Wildman–Crippen LogP) is 2.77. The molecule has 0 aromatic heterocycles. The monoisotopic (exact) mass is 304 g/mol. The van der Waals surface area contributed by atoms with Crippen LogP contribution in [0.5, 0.6) is 0 Å². The highest BCUT2D eigenvalue weighted by molar-refractivity contribution is 9.11. The Balaban J connectivity index is 3.12. The van der Waals surface area contributed by atoms with Crippen molar-refractivity contribution in [1.29, 1.82) is 0 Å². The Bertz CT molecular complexity index is 335. The molecule has 0 atom stereocenters. The first-order valence-corrected chi connectivity index (χ1v) is 5.35. The van der Waals surface area contributed by atoms with Crippen molar-refractivity contribution in [3.63, 3.8) is 0 Å². The molecular formula is C9H10Br2N2. The SMILES string of the molecule is NCC=Cc1cc(Br)cc(Br)c1N. The molecule has 1 aromatic rings. The molecule has 0 aliphatic rings. The summed E-state index contributed by atoms with van der Waals surface area (Å²) in [6, 6.07) is 3.86. The molecule has 0 heterocycles. The van der Waals surface area contributed by atoms with Crippen LogP contribution in [0.3, 0.4) is 0 Å². The second-order valence-electron chi connectivity index (χ2n) is 2.53. The molecule has 1 rings (SSSR count). The largest absolute Gasteiger partial charge is 0.397 e. The van der Waals surface area contributed by atoms with Crippen molar-refractivity contribution in [2.24, 2.45) is 5.73 Å². The highest BCUT2D eigenvalue weighted by Crippen LogP contribution is 2.28. The molecule has 4 N–H and O–H groups in total. The van der Waals surface area contributed by atoms with E-state index in [1.165, 1.54) is 0 Å². The van der Waals surface area contributed by atoms with Gasteiger partial charge in [0.15, 0.2) is 0 Å². The van der Waals surface area contributed by atoms with Crippen LogP contribution in [0.1, 0.15) is 5.56 Å². The van der Waals surface area contributed by atoms with E-state index in [2.05, 4.69) is 31.9 Å². The van der Waals surface area contributed by atoms with Crippen LogP contribution in [0.15, 0.2) is 27.2 Å². The zero-order valence-corrected chi connectivity index (χ0v) is 10.1. The topological polar surface area (TPSA) is 52.0 Å². The number of nitrogens with two attached hydrogens (primary N) is 2. The van der Waals surface area contributed by atoms with Crippen molar-refractivity contribution in [3.05, 3.63) is 32.7 Å². The normalized spacial score (nSPS) is 11.0. The van der Waals surface area contributed by atoms with Gasteiger partial charge in [-0.05, 0) is 33.6 Å². The van der Waals surface area contributed by atoms with Crippen LogP contribution < -0.4 is 11.5 Å². The van der Waals surface area contributed by atoms with Gasteiger partial charge in [0.05, 0.1) is 5.69 Å². The molecule has 0 spiro atoms. The fraction of sp³-hybridized carbons (Fsp3) is 0.111. The van der Waals surface area contributed by atoms with E-state index in [1.54, 1.807) is 0 Å². The first kappa shape index (κ1) is 10.8. The fourth-order valence-electron chi connectivity index (χ4n) is 0.938. The molecule has 0 amide bonds. The molecule has 70 valence electrons. The van der Waals surface area contributed by atoms with Crippen LogP contribution in [-0.2, 0) is 0 Å². The minimum absolute atomic E-state index is 0.517. The van der Waals surface area contributed by atoms with Gasteiger partial charge in [-0.3, -0.25) is 0 Å². The second kappa shape index (κ2) is 4.79. The highest BCUT2D eigenvalue weighted by Gasteiger charge is 2.01. The third kappa shape index (κ3) is 2.83. The Labute approximate surface area is 94.3 Å². The summed E-state index contributed by atoms with van der Waals surface area (Å²) in [5, 5.41) is 0. The van der Waals surface area contributed by atoms with Gasteiger partial charge in [-0.1, -0.05) is 28.1 Å². The van der Waals surface area contributed by atoms with Gasteiger partial charge in [-0.25, -0.2) is 0 Å². The van der Waals surface area contributed by atoms with Crippen LogP contribution in [0.4, 0.5) is 5.69 Å². The number of rotatable bonds is 2. The molecule has 0 fully saturated rings. The van der Waals surface area contributed by atoms with E-state index in [9.17, 15) is 0 Å².